The van der Waals surface area contributed by atoms with Gasteiger partial charge in [-0.05, 0) is 67.1 Å². The molecule has 0 saturated heterocycles. The first-order valence-corrected chi connectivity index (χ1v) is 20.3. The molecule has 0 aromatic carbocycles. The van der Waals surface area contributed by atoms with E-state index in [1.807, 2.05) is 14.2 Å². The SMILES string of the molecule is C.C.CO[Si](C)(C)CC(C)(C)C.CO[Si](C)(C)CC(C)(C)C.CO[Si](C)(CC(C)(C)C)OC. The van der Waals surface area contributed by atoms with Crippen LogP contribution in [0.1, 0.15) is 77.2 Å². The zero-order valence-corrected chi connectivity index (χ0v) is 27.8. The van der Waals surface area contributed by atoms with E-state index in [0.717, 1.165) is 6.04 Å². The maximum absolute atomic E-state index is 5.45. The molecule has 33 heavy (non-hydrogen) atoms. The Bertz CT molecular complexity index is 428. The van der Waals surface area contributed by atoms with Crippen LogP contribution in [0.15, 0.2) is 0 Å². The molecular formula is C26H68O4Si3. The monoisotopic (exact) mass is 528 g/mol. The van der Waals surface area contributed by atoms with Gasteiger partial charge in [0.1, 0.15) is 0 Å². The molecule has 7 heteroatoms. The second-order valence-electron chi connectivity index (χ2n) is 13.7. The van der Waals surface area contributed by atoms with Gasteiger partial charge in [0.25, 0.3) is 0 Å². The predicted octanol–water partition coefficient (Wildman–Crippen LogP) is 9.44. The molecule has 0 aliphatic heterocycles. The van der Waals surface area contributed by atoms with Crippen molar-refractivity contribution in [1.29, 1.82) is 0 Å². The van der Waals surface area contributed by atoms with E-state index < -0.39 is 25.2 Å². The zero-order valence-electron chi connectivity index (χ0n) is 24.8. The van der Waals surface area contributed by atoms with E-state index in [1.54, 1.807) is 14.2 Å². The molecule has 0 rings (SSSR count). The molecule has 0 spiro atoms. The summed E-state index contributed by atoms with van der Waals surface area (Å²) in [7, 11) is 2.68. The lowest BCUT2D eigenvalue weighted by molar-refractivity contribution is 0.232. The highest BCUT2D eigenvalue weighted by atomic mass is 28.4. The molecule has 0 aliphatic rings. The van der Waals surface area contributed by atoms with E-state index in [-0.39, 0.29) is 14.9 Å². The first-order valence-electron chi connectivity index (χ1n) is 11.6. The van der Waals surface area contributed by atoms with Gasteiger partial charge in [0, 0.05) is 28.4 Å². The Morgan fingerprint density at radius 1 is 0.424 bits per heavy atom. The van der Waals surface area contributed by atoms with Crippen molar-refractivity contribution in [1.82, 2.24) is 0 Å². The van der Waals surface area contributed by atoms with Gasteiger partial charge in [-0.2, -0.15) is 0 Å². The molecule has 0 unspecified atom stereocenters. The minimum absolute atomic E-state index is 0. The van der Waals surface area contributed by atoms with Crippen LogP contribution in [0.4, 0.5) is 0 Å². The third kappa shape index (κ3) is 32.5. The van der Waals surface area contributed by atoms with Crippen LogP contribution in [0.2, 0.25) is 50.9 Å². The van der Waals surface area contributed by atoms with Gasteiger partial charge >= 0.3 is 8.56 Å². The molecule has 0 radical (unpaired) electrons. The molecular weight excluding hydrogens is 461 g/mol. The summed E-state index contributed by atoms with van der Waals surface area (Å²) in [5.41, 5.74) is 1.14. The van der Waals surface area contributed by atoms with Crippen LogP contribution in [-0.2, 0) is 17.7 Å². The van der Waals surface area contributed by atoms with Gasteiger partial charge in [-0.15, -0.1) is 0 Å². The van der Waals surface area contributed by atoms with E-state index in [1.165, 1.54) is 12.1 Å². The van der Waals surface area contributed by atoms with Crippen molar-refractivity contribution in [2.75, 3.05) is 28.4 Å². The Hall–Kier alpha value is 0.491. The number of rotatable bonds is 7. The normalized spacial score (nSPS) is 12.9. The lowest BCUT2D eigenvalue weighted by Crippen LogP contribution is -2.39. The third-order valence-electron chi connectivity index (χ3n) is 4.73. The highest BCUT2D eigenvalue weighted by Crippen LogP contribution is 2.29. The highest BCUT2D eigenvalue weighted by Gasteiger charge is 2.34. The summed E-state index contributed by atoms with van der Waals surface area (Å²) in [6.45, 7) is 31.3. The molecule has 208 valence electrons. The van der Waals surface area contributed by atoms with Gasteiger partial charge in [-0.3, -0.25) is 0 Å². The van der Waals surface area contributed by atoms with Gasteiger partial charge < -0.3 is 17.7 Å². The standard InChI is InChI=1S/C8H20O2Si.2C8H20OSi.2CH4/c1-8(2,3)7-11(6,9-4)10-5;2*1-8(2,3)7-10(5,6)9-4;;/h7H2,1-6H3;2*7H2,1-6H3;2*1H4. The van der Waals surface area contributed by atoms with Crippen LogP contribution in [0.3, 0.4) is 0 Å². The summed E-state index contributed by atoms with van der Waals surface area (Å²) in [5.74, 6) is 0. The van der Waals surface area contributed by atoms with E-state index in [9.17, 15) is 0 Å². The Morgan fingerprint density at radius 2 is 0.636 bits per heavy atom. The van der Waals surface area contributed by atoms with Crippen molar-refractivity contribution in [2.24, 2.45) is 16.2 Å². The molecule has 0 fully saturated rings. The molecule has 0 atom stereocenters. The van der Waals surface area contributed by atoms with Crippen molar-refractivity contribution in [3.63, 3.8) is 0 Å². The fraction of sp³-hybridized carbons (Fsp3) is 1.00. The first kappa shape index (κ1) is 43.6. The fourth-order valence-electron chi connectivity index (χ4n) is 3.89. The lowest BCUT2D eigenvalue weighted by Gasteiger charge is -2.30. The summed E-state index contributed by atoms with van der Waals surface area (Å²) < 4.78 is 21.7. The minimum Gasteiger partial charge on any atom is -0.420 e. The molecule has 4 nitrogen and oxygen atoms in total. The van der Waals surface area contributed by atoms with Crippen molar-refractivity contribution in [3.8, 4) is 0 Å². The molecule has 0 aromatic rings. The highest BCUT2D eigenvalue weighted by molar-refractivity contribution is 6.71. The van der Waals surface area contributed by atoms with E-state index in [2.05, 4.69) is 95.0 Å². The average Bonchev–Trinajstić information content (AvgIpc) is 2.50. The van der Waals surface area contributed by atoms with Crippen LogP contribution in [-0.4, -0.2) is 53.6 Å². The van der Waals surface area contributed by atoms with E-state index in [0.29, 0.717) is 16.2 Å². The first-order chi connectivity index (χ1) is 13.4. The minimum atomic E-state index is -1.83. The zero-order chi connectivity index (χ0) is 25.9. The summed E-state index contributed by atoms with van der Waals surface area (Å²) >= 11 is 0. The number of hydrogen-bond acceptors (Lipinski definition) is 4. The van der Waals surface area contributed by atoms with Crippen LogP contribution >= 0.6 is 0 Å². The predicted molar refractivity (Wildman–Crippen MR) is 161 cm³/mol. The topological polar surface area (TPSA) is 36.9 Å². The van der Waals surface area contributed by atoms with Crippen molar-refractivity contribution in [3.05, 3.63) is 0 Å². The molecule has 0 aromatic heterocycles. The van der Waals surface area contributed by atoms with E-state index in [4.69, 9.17) is 17.7 Å². The summed E-state index contributed by atoms with van der Waals surface area (Å²) in [6.07, 6.45) is 0. The third-order valence-corrected chi connectivity index (χ3v) is 14.2. The second-order valence-corrected chi connectivity index (χ2v) is 25.7. The molecule has 0 N–H and O–H groups in total. The summed E-state index contributed by atoms with van der Waals surface area (Å²) in [4.78, 5) is 0. The van der Waals surface area contributed by atoms with Gasteiger partial charge in [0.2, 0.25) is 0 Å². The summed E-state index contributed by atoms with van der Waals surface area (Å²) in [5, 5.41) is 0. The Morgan fingerprint density at radius 3 is 0.697 bits per heavy atom. The van der Waals surface area contributed by atoms with Gasteiger partial charge in [0.05, 0.1) is 0 Å². The maximum Gasteiger partial charge on any atom is 0.334 e. The Balaban J connectivity index is -0.000000115. The Labute approximate surface area is 215 Å². The van der Waals surface area contributed by atoms with Crippen LogP contribution in [0, 0.1) is 16.2 Å². The van der Waals surface area contributed by atoms with Gasteiger partial charge in [0.15, 0.2) is 16.6 Å². The van der Waals surface area contributed by atoms with Crippen molar-refractivity contribution >= 4 is 25.2 Å². The smallest absolute Gasteiger partial charge is 0.334 e. The molecule has 0 amide bonds. The van der Waals surface area contributed by atoms with E-state index >= 15 is 0 Å². The van der Waals surface area contributed by atoms with Gasteiger partial charge in [-0.25, -0.2) is 0 Å². The molecule has 0 saturated carbocycles. The summed E-state index contributed by atoms with van der Waals surface area (Å²) in [6, 6.07) is 3.50. The maximum atomic E-state index is 5.45. The van der Waals surface area contributed by atoms with Crippen LogP contribution < -0.4 is 0 Å². The van der Waals surface area contributed by atoms with Crippen LogP contribution in [0.5, 0.6) is 0 Å². The lowest BCUT2D eigenvalue weighted by atomic mass is 10.0. The largest absolute Gasteiger partial charge is 0.420 e. The molecule has 0 bridgehead atoms. The quantitative estimate of drug-likeness (QED) is 0.308. The van der Waals surface area contributed by atoms with Crippen molar-refractivity contribution < 1.29 is 17.7 Å². The fourth-order valence-corrected chi connectivity index (χ4v) is 11.7. The number of hydrogen-bond donors (Lipinski definition) is 0. The van der Waals surface area contributed by atoms with Gasteiger partial charge in [-0.1, -0.05) is 77.2 Å². The molecule has 0 heterocycles. The van der Waals surface area contributed by atoms with Crippen LogP contribution in [0.25, 0.3) is 0 Å². The molecule has 0 aliphatic carbocycles. The second kappa shape index (κ2) is 17.0. The van der Waals surface area contributed by atoms with Crippen molar-refractivity contribution in [2.45, 2.75) is 128 Å². The Kier molecular flexibility index (Phi) is 22.5. The average molecular weight is 529 g/mol.